The van der Waals surface area contributed by atoms with Gasteiger partial charge in [-0.1, -0.05) is 70.7 Å². The second-order valence-corrected chi connectivity index (χ2v) is 68.1. The van der Waals surface area contributed by atoms with Gasteiger partial charge in [0.15, 0.2) is 0 Å². The van der Waals surface area contributed by atoms with Crippen molar-refractivity contribution in [2.75, 3.05) is 11.9 Å². The number of halogens is 10. The Morgan fingerprint density at radius 2 is 0.952 bits per heavy atom. The van der Waals surface area contributed by atoms with Crippen molar-refractivity contribution in [1.29, 1.82) is 0 Å². The number of aromatic nitrogens is 1. The molecule has 42 heavy (non-hydrogen) atoms. The van der Waals surface area contributed by atoms with E-state index >= 15 is 0 Å². The van der Waals surface area contributed by atoms with E-state index in [1.807, 2.05) is 62.6 Å². The molecule has 0 aliphatic carbocycles. The molecule has 2 nitrogen and oxygen atoms in total. The molecule has 4 aromatic carbocycles. The predicted molar refractivity (Wildman–Crippen MR) is 191 cm³/mol. The first-order valence-electron chi connectivity index (χ1n) is 12.1. The van der Waals surface area contributed by atoms with Gasteiger partial charge in [0, 0.05) is 35.9 Å². The number of anilines is 2. The van der Waals surface area contributed by atoms with Crippen molar-refractivity contribution in [3.8, 4) is 0 Å². The molecule has 220 valence electrons. The molecule has 6 rings (SSSR count). The Morgan fingerprint density at radius 1 is 0.595 bits per heavy atom. The van der Waals surface area contributed by atoms with Crippen LogP contribution < -0.4 is 9.47 Å². The van der Waals surface area contributed by atoms with E-state index in [4.69, 9.17) is 99.4 Å². The van der Waals surface area contributed by atoms with Crippen LogP contribution in [0.1, 0.15) is 16.7 Å². The number of aryl methyl sites for hydroxylation is 1. The maximum absolute atomic E-state index is 6.84. The van der Waals surface area contributed by atoms with Gasteiger partial charge in [-0.2, -0.15) is 4.57 Å². The van der Waals surface area contributed by atoms with Crippen molar-refractivity contribution in [2.45, 2.75) is 0 Å². The quantitative estimate of drug-likeness (QED) is 0.0925. The first-order chi connectivity index (χ1) is 19.3. The molecular formula is C29H19Cl10N2Sb. The van der Waals surface area contributed by atoms with Gasteiger partial charge < -0.3 is 4.90 Å². The summed E-state index contributed by atoms with van der Waals surface area (Å²) in [6.45, 7) is 0. The molecule has 13 heteroatoms. The summed E-state index contributed by atoms with van der Waals surface area (Å²) >= 11 is 27.4. The Hall–Kier alpha value is -0.192. The van der Waals surface area contributed by atoms with E-state index in [9.17, 15) is 0 Å². The molecule has 1 aliphatic rings. The van der Waals surface area contributed by atoms with Crippen LogP contribution in [0.25, 0.3) is 33.5 Å². The Labute approximate surface area is 283 Å². The maximum atomic E-state index is 6.84. The van der Waals surface area contributed by atoms with Gasteiger partial charge in [-0.25, -0.2) is 0 Å². The minimum absolute atomic E-state index is 0.651. The summed E-state index contributed by atoms with van der Waals surface area (Å²) in [4.78, 5) is 2.13. The summed E-state index contributed by atoms with van der Waals surface area (Å²) in [6.07, 6.45) is 2.14. The van der Waals surface area contributed by atoms with Gasteiger partial charge in [-0.3, -0.25) is 0 Å². The standard InChI is InChI=1S/C29H19Cl4N2.6ClH.Sb/c1-34-22-11-3-7-18(30)26(22)16(27-19(31)8-4-12-23(27)34)15-17-28-20(32)9-5-13-24(28)35(2)25-14-6-10-21(33)29(17)25;;;;;;;/h3-15H,1-2H3;6*1H;/q+1;;;;;;;+5/p-6. The summed E-state index contributed by atoms with van der Waals surface area (Å²) in [5.41, 5.74) is 7.73. The molecule has 0 amide bonds. The molecule has 5 aromatic rings. The van der Waals surface area contributed by atoms with Crippen molar-refractivity contribution < 1.29 is 4.57 Å². The Morgan fingerprint density at radius 3 is 1.36 bits per heavy atom. The number of fused-ring (bicyclic) bond motifs is 4. The third kappa shape index (κ3) is 7.11. The molecule has 2 heterocycles. The number of benzene rings is 4. The first-order valence-corrected chi connectivity index (χ1v) is 33.0. The van der Waals surface area contributed by atoms with E-state index in [1.165, 1.54) is 0 Å². The third-order valence-corrected chi connectivity index (χ3v) is 8.04. The average molecular weight is 872 g/mol. The van der Waals surface area contributed by atoms with Crippen molar-refractivity contribution in [3.63, 3.8) is 0 Å². The van der Waals surface area contributed by atoms with E-state index < -0.39 is 9.14 Å². The van der Waals surface area contributed by atoms with Crippen LogP contribution in [0.2, 0.25) is 20.1 Å². The van der Waals surface area contributed by atoms with Crippen LogP contribution in [0.3, 0.4) is 0 Å². The van der Waals surface area contributed by atoms with Crippen LogP contribution >= 0.6 is 99.4 Å². The van der Waals surface area contributed by atoms with E-state index in [0.29, 0.717) is 20.1 Å². The zero-order valence-corrected chi connectivity index (χ0v) is 31.7. The molecule has 0 N–H and O–H groups in total. The Balaban J connectivity index is 0.000000451. The normalized spacial score (nSPS) is 14.5. The average Bonchev–Trinajstić information content (AvgIpc) is 2.87. The van der Waals surface area contributed by atoms with Crippen molar-refractivity contribution in [1.82, 2.24) is 0 Å². The molecule has 0 atom stereocenters. The molecule has 0 saturated heterocycles. The molecule has 0 spiro atoms. The summed E-state index contributed by atoms with van der Waals surface area (Å²) in [7, 11) is 29.0. The zero-order valence-electron chi connectivity index (χ0n) is 21.6. The SMILES string of the molecule is CN1c2cccc(Cl)c2C(=Cc2c3c(Cl)cccc3[n+](C)c3cccc(Cl)c23)c2c(Cl)cccc21.[Cl][Sb-]([Cl])([Cl])([Cl])([Cl])[Cl]. The Kier molecular flexibility index (Phi) is 8.89. The van der Waals surface area contributed by atoms with Gasteiger partial charge in [-0.15, -0.1) is 0 Å². The fourth-order valence-corrected chi connectivity index (χ4v) is 6.26. The van der Waals surface area contributed by atoms with E-state index in [-0.39, 0.29) is 0 Å². The molecule has 0 fully saturated rings. The summed E-state index contributed by atoms with van der Waals surface area (Å²) in [5, 5.41) is 4.45. The van der Waals surface area contributed by atoms with Crippen LogP contribution in [0.4, 0.5) is 11.4 Å². The molecule has 0 bridgehead atoms. The predicted octanol–water partition coefficient (Wildman–Crippen LogP) is 12.9. The van der Waals surface area contributed by atoms with Gasteiger partial charge in [0.25, 0.3) is 0 Å². The number of hydrogen-bond acceptors (Lipinski definition) is 1. The van der Waals surface area contributed by atoms with E-state index in [0.717, 1.165) is 55.4 Å². The van der Waals surface area contributed by atoms with Crippen LogP contribution in [-0.2, 0) is 7.05 Å². The van der Waals surface area contributed by atoms with Gasteiger partial charge >= 0.3 is 62.1 Å². The second kappa shape index (κ2) is 11.3. The van der Waals surface area contributed by atoms with Crippen molar-refractivity contribution >= 4 is 153 Å². The first kappa shape index (κ1) is 33.2. The van der Waals surface area contributed by atoms with Crippen molar-refractivity contribution in [3.05, 3.63) is 110 Å². The van der Waals surface area contributed by atoms with Crippen LogP contribution in [-0.4, -0.2) is 16.2 Å². The van der Waals surface area contributed by atoms with Crippen LogP contribution in [0, 0.1) is 0 Å². The molecule has 0 radical (unpaired) electrons. The number of pyridine rings is 1. The topological polar surface area (TPSA) is 7.12 Å². The third-order valence-electron chi connectivity index (χ3n) is 6.78. The summed E-state index contributed by atoms with van der Waals surface area (Å²) < 4.78 is 2.13. The fourth-order valence-electron chi connectivity index (χ4n) is 5.18. The molecule has 1 aromatic heterocycles. The molecule has 0 saturated carbocycles. The number of nitrogens with zero attached hydrogens (tertiary/aromatic N) is 2. The van der Waals surface area contributed by atoms with Crippen LogP contribution in [0.15, 0.2) is 72.8 Å². The monoisotopic (exact) mass is 866 g/mol. The van der Waals surface area contributed by atoms with Crippen molar-refractivity contribution in [2.24, 2.45) is 7.05 Å². The molecule has 0 unspecified atom stereocenters. The fraction of sp³-hybridized carbons (Fsp3) is 0.0690. The zero-order chi connectivity index (χ0) is 30.8. The molecular weight excluding hydrogens is 853 g/mol. The second-order valence-electron chi connectivity index (χ2n) is 9.58. The number of hydrogen-bond donors (Lipinski definition) is 0. The minimum atomic E-state index is -5.42. The van der Waals surface area contributed by atoms with Gasteiger partial charge in [-0.05, 0) is 48.0 Å². The van der Waals surface area contributed by atoms with Gasteiger partial charge in [0.05, 0.1) is 42.2 Å². The van der Waals surface area contributed by atoms with E-state index in [2.05, 4.69) is 39.8 Å². The summed E-state index contributed by atoms with van der Waals surface area (Å²) in [5.74, 6) is 0. The Bertz CT molecular complexity index is 1820. The van der Waals surface area contributed by atoms with Gasteiger partial charge in [0.2, 0.25) is 11.0 Å². The summed E-state index contributed by atoms with van der Waals surface area (Å²) in [6, 6.07) is 23.8. The van der Waals surface area contributed by atoms with Crippen LogP contribution in [0.5, 0.6) is 0 Å². The van der Waals surface area contributed by atoms with E-state index in [1.54, 1.807) is 0 Å². The van der Waals surface area contributed by atoms with Gasteiger partial charge in [0.1, 0.15) is 7.05 Å². The molecule has 1 aliphatic heterocycles. The number of rotatable bonds is 1.